The number of piperidine rings is 1. The van der Waals surface area contributed by atoms with Crippen LogP contribution in [0.25, 0.3) is 11.3 Å². The fourth-order valence-corrected chi connectivity index (χ4v) is 4.59. The number of nitrogens with zero attached hydrogens (tertiary/aromatic N) is 6. The fourth-order valence-electron chi connectivity index (χ4n) is 4.59. The van der Waals surface area contributed by atoms with E-state index in [0.29, 0.717) is 5.92 Å². The van der Waals surface area contributed by atoms with E-state index in [1.807, 2.05) is 31.5 Å². The maximum Gasteiger partial charge on any atom is 0.225 e. The van der Waals surface area contributed by atoms with Crippen molar-refractivity contribution in [1.82, 2.24) is 25.0 Å². The van der Waals surface area contributed by atoms with E-state index < -0.39 is 0 Å². The Morgan fingerprint density at radius 1 is 1.10 bits per heavy atom. The SMILES string of the molecule is Cc1cc(-c2cnc(N3CCCC3)nc2C2CCCN(Cc3ccccn3)C2)on1. The minimum absolute atomic E-state index is 0.340. The van der Waals surface area contributed by atoms with Gasteiger partial charge in [0.1, 0.15) is 0 Å². The van der Waals surface area contributed by atoms with Crippen LogP contribution in [0.2, 0.25) is 0 Å². The van der Waals surface area contributed by atoms with Crippen LogP contribution < -0.4 is 4.90 Å². The Bertz CT molecular complexity index is 982. The average molecular weight is 405 g/mol. The highest BCUT2D eigenvalue weighted by molar-refractivity contribution is 5.61. The predicted octanol–water partition coefficient (Wildman–Crippen LogP) is 3.81. The van der Waals surface area contributed by atoms with E-state index >= 15 is 0 Å². The molecule has 0 aliphatic carbocycles. The second kappa shape index (κ2) is 8.52. The maximum absolute atomic E-state index is 5.60. The van der Waals surface area contributed by atoms with Gasteiger partial charge in [0.25, 0.3) is 0 Å². The summed E-state index contributed by atoms with van der Waals surface area (Å²) in [7, 11) is 0. The van der Waals surface area contributed by atoms with E-state index in [1.165, 1.54) is 12.8 Å². The minimum Gasteiger partial charge on any atom is -0.356 e. The fraction of sp³-hybridized carbons (Fsp3) is 0.478. The molecule has 0 amide bonds. The molecule has 0 N–H and O–H groups in total. The molecule has 156 valence electrons. The first-order chi connectivity index (χ1) is 14.8. The van der Waals surface area contributed by atoms with Crippen LogP contribution in [0, 0.1) is 6.92 Å². The van der Waals surface area contributed by atoms with Crippen LogP contribution in [0.4, 0.5) is 5.95 Å². The summed E-state index contributed by atoms with van der Waals surface area (Å²) >= 11 is 0. The second-order valence-corrected chi connectivity index (χ2v) is 8.39. The van der Waals surface area contributed by atoms with Crippen LogP contribution in [0.1, 0.15) is 48.7 Å². The zero-order valence-corrected chi connectivity index (χ0v) is 17.5. The molecule has 0 radical (unpaired) electrons. The predicted molar refractivity (Wildman–Crippen MR) is 115 cm³/mol. The lowest BCUT2D eigenvalue weighted by atomic mass is 9.91. The first kappa shape index (κ1) is 19.2. The Morgan fingerprint density at radius 2 is 2.00 bits per heavy atom. The highest BCUT2D eigenvalue weighted by Crippen LogP contribution is 2.35. The van der Waals surface area contributed by atoms with E-state index in [4.69, 9.17) is 14.5 Å². The number of aromatic nitrogens is 4. The van der Waals surface area contributed by atoms with Crippen molar-refractivity contribution in [2.24, 2.45) is 0 Å². The lowest BCUT2D eigenvalue weighted by Crippen LogP contribution is -2.35. The Morgan fingerprint density at radius 3 is 2.77 bits per heavy atom. The number of aryl methyl sites for hydroxylation is 1. The zero-order valence-electron chi connectivity index (χ0n) is 17.5. The Balaban J connectivity index is 1.45. The summed E-state index contributed by atoms with van der Waals surface area (Å²) in [5.41, 5.74) is 4.06. The van der Waals surface area contributed by atoms with Crippen molar-refractivity contribution >= 4 is 5.95 Å². The Hall–Kier alpha value is -2.80. The van der Waals surface area contributed by atoms with Crippen molar-refractivity contribution in [3.05, 3.63) is 53.7 Å². The molecular formula is C23H28N6O. The third-order valence-corrected chi connectivity index (χ3v) is 6.09. The molecule has 1 unspecified atom stereocenters. The van der Waals surface area contributed by atoms with Gasteiger partial charge in [-0.2, -0.15) is 0 Å². The molecule has 2 fully saturated rings. The van der Waals surface area contributed by atoms with Crippen molar-refractivity contribution in [3.63, 3.8) is 0 Å². The first-order valence-corrected chi connectivity index (χ1v) is 10.9. The number of rotatable bonds is 5. The largest absolute Gasteiger partial charge is 0.356 e. The summed E-state index contributed by atoms with van der Waals surface area (Å²) in [5, 5.41) is 4.09. The van der Waals surface area contributed by atoms with Crippen LogP contribution in [0.15, 0.2) is 41.2 Å². The molecule has 0 aromatic carbocycles. The van der Waals surface area contributed by atoms with Gasteiger partial charge in [-0.1, -0.05) is 11.2 Å². The summed E-state index contributed by atoms with van der Waals surface area (Å²) in [6.07, 6.45) is 8.50. The molecule has 7 heteroatoms. The smallest absolute Gasteiger partial charge is 0.225 e. The zero-order chi connectivity index (χ0) is 20.3. The highest BCUT2D eigenvalue weighted by atomic mass is 16.5. The standard InChI is InChI=1S/C23H28N6O/c1-17-13-21(30-27-17)20-14-25-23(29-11-4-5-12-29)26-22(20)18-7-6-10-28(15-18)16-19-8-2-3-9-24-19/h2-3,8-9,13-14,18H,4-7,10-12,15-16H2,1H3. The van der Waals surface area contributed by atoms with Crippen molar-refractivity contribution in [3.8, 4) is 11.3 Å². The molecule has 0 saturated carbocycles. The average Bonchev–Trinajstić information content (AvgIpc) is 3.46. The molecule has 3 aromatic rings. The molecule has 2 aliphatic rings. The van der Waals surface area contributed by atoms with Gasteiger partial charge < -0.3 is 9.42 Å². The topological polar surface area (TPSA) is 71.2 Å². The molecule has 7 nitrogen and oxygen atoms in total. The molecule has 0 spiro atoms. The number of pyridine rings is 1. The van der Waals surface area contributed by atoms with Gasteiger partial charge >= 0.3 is 0 Å². The van der Waals surface area contributed by atoms with Crippen LogP contribution in [0.3, 0.4) is 0 Å². The van der Waals surface area contributed by atoms with Crippen LogP contribution in [-0.2, 0) is 6.54 Å². The summed E-state index contributed by atoms with van der Waals surface area (Å²) in [5.74, 6) is 1.95. The van der Waals surface area contributed by atoms with Crippen molar-refractivity contribution < 1.29 is 4.52 Å². The van der Waals surface area contributed by atoms with Gasteiger partial charge in [-0.05, 0) is 51.3 Å². The first-order valence-electron chi connectivity index (χ1n) is 10.9. The van der Waals surface area contributed by atoms with Gasteiger partial charge in [-0.3, -0.25) is 9.88 Å². The Labute approximate surface area is 177 Å². The molecule has 2 aliphatic heterocycles. The van der Waals surface area contributed by atoms with Crippen molar-refractivity contribution in [2.75, 3.05) is 31.1 Å². The van der Waals surface area contributed by atoms with Gasteiger partial charge in [0, 0.05) is 50.6 Å². The second-order valence-electron chi connectivity index (χ2n) is 8.39. The van der Waals surface area contributed by atoms with Gasteiger partial charge in [-0.15, -0.1) is 0 Å². The van der Waals surface area contributed by atoms with Gasteiger partial charge in [0.2, 0.25) is 5.95 Å². The normalized spacial score (nSPS) is 20.0. The summed E-state index contributed by atoms with van der Waals surface area (Å²) in [4.78, 5) is 19.1. The monoisotopic (exact) mass is 404 g/mol. The summed E-state index contributed by atoms with van der Waals surface area (Å²) < 4.78 is 5.60. The van der Waals surface area contributed by atoms with Crippen molar-refractivity contribution in [1.29, 1.82) is 0 Å². The minimum atomic E-state index is 0.340. The molecule has 5 rings (SSSR count). The maximum atomic E-state index is 5.60. The van der Waals surface area contributed by atoms with Gasteiger partial charge in [0.15, 0.2) is 5.76 Å². The lowest BCUT2D eigenvalue weighted by Gasteiger charge is -2.33. The number of hydrogen-bond acceptors (Lipinski definition) is 7. The molecular weight excluding hydrogens is 376 g/mol. The van der Waals surface area contributed by atoms with Crippen LogP contribution >= 0.6 is 0 Å². The summed E-state index contributed by atoms with van der Waals surface area (Å²) in [6, 6.07) is 8.10. The molecule has 0 bridgehead atoms. The van der Waals surface area contributed by atoms with Crippen molar-refractivity contribution in [2.45, 2.75) is 45.1 Å². The van der Waals surface area contributed by atoms with E-state index in [9.17, 15) is 0 Å². The number of anilines is 1. The lowest BCUT2D eigenvalue weighted by molar-refractivity contribution is 0.196. The van der Waals surface area contributed by atoms with E-state index in [1.54, 1.807) is 0 Å². The highest BCUT2D eigenvalue weighted by Gasteiger charge is 2.28. The molecule has 30 heavy (non-hydrogen) atoms. The molecule has 5 heterocycles. The van der Waals surface area contributed by atoms with E-state index in [-0.39, 0.29) is 0 Å². The third kappa shape index (κ3) is 4.07. The van der Waals surface area contributed by atoms with Gasteiger partial charge in [0.05, 0.1) is 22.6 Å². The third-order valence-electron chi connectivity index (χ3n) is 6.09. The van der Waals surface area contributed by atoms with Gasteiger partial charge in [-0.25, -0.2) is 9.97 Å². The quantitative estimate of drug-likeness (QED) is 0.640. The molecule has 2 saturated heterocycles. The Kier molecular flexibility index (Phi) is 5.45. The van der Waals surface area contributed by atoms with E-state index in [0.717, 1.165) is 79.9 Å². The van der Waals surface area contributed by atoms with Crippen LogP contribution in [-0.4, -0.2) is 51.2 Å². The number of likely N-dealkylation sites (tertiary alicyclic amines) is 1. The number of hydrogen-bond donors (Lipinski definition) is 0. The molecule has 1 atom stereocenters. The molecule has 3 aromatic heterocycles. The summed E-state index contributed by atoms with van der Waals surface area (Å²) in [6.45, 7) is 6.95. The van der Waals surface area contributed by atoms with Crippen LogP contribution in [0.5, 0.6) is 0 Å². The van der Waals surface area contributed by atoms with E-state index in [2.05, 4.69) is 32.1 Å².